The molecule has 0 spiro atoms. The van der Waals surface area contributed by atoms with E-state index in [1.807, 2.05) is 14.1 Å². The van der Waals surface area contributed by atoms with Gasteiger partial charge in [-0.1, -0.05) is 12.1 Å². The molecule has 0 saturated carbocycles. The summed E-state index contributed by atoms with van der Waals surface area (Å²) in [5.41, 5.74) is 0.236. The van der Waals surface area contributed by atoms with Crippen molar-refractivity contribution in [2.45, 2.75) is 12.8 Å². The molecule has 1 aromatic rings. The van der Waals surface area contributed by atoms with Gasteiger partial charge in [-0.05, 0) is 45.7 Å². The average molecular weight is 267 g/mol. The third kappa shape index (κ3) is 6.88. The molecule has 0 aromatic heterocycles. The Morgan fingerprint density at radius 2 is 2.00 bits per heavy atom. The van der Waals surface area contributed by atoms with Crippen LogP contribution in [0.4, 0.5) is 10.1 Å². The first kappa shape index (κ1) is 15.6. The van der Waals surface area contributed by atoms with Crippen LogP contribution in [0.15, 0.2) is 24.3 Å². The van der Waals surface area contributed by atoms with Gasteiger partial charge >= 0.3 is 0 Å². The largest absolute Gasteiger partial charge is 0.324 e. The average Bonchev–Trinajstić information content (AvgIpc) is 2.36. The van der Waals surface area contributed by atoms with E-state index in [9.17, 15) is 9.18 Å². The Morgan fingerprint density at radius 1 is 1.26 bits per heavy atom. The summed E-state index contributed by atoms with van der Waals surface area (Å²) in [4.78, 5) is 13.7. The molecule has 0 heterocycles. The Labute approximate surface area is 114 Å². The molecule has 19 heavy (non-hydrogen) atoms. The number of para-hydroxylation sites is 1. The number of hydrogen-bond acceptors (Lipinski definition) is 3. The molecule has 0 aliphatic carbocycles. The minimum absolute atomic E-state index is 0.176. The fourth-order valence-corrected chi connectivity index (χ4v) is 1.62. The zero-order valence-corrected chi connectivity index (χ0v) is 11.6. The van der Waals surface area contributed by atoms with E-state index in [0.29, 0.717) is 13.0 Å². The zero-order valence-electron chi connectivity index (χ0n) is 11.6. The molecule has 0 atom stereocenters. The summed E-state index contributed by atoms with van der Waals surface area (Å²) in [6.07, 6.45) is 1.39. The van der Waals surface area contributed by atoms with Gasteiger partial charge in [0.1, 0.15) is 5.82 Å². The van der Waals surface area contributed by atoms with E-state index in [2.05, 4.69) is 15.5 Å². The highest BCUT2D eigenvalue weighted by atomic mass is 19.1. The highest BCUT2D eigenvalue weighted by Crippen LogP contribution is 2.12. The number of nitrogens with zero attached hydrogens (tertiary/aromatic N) is 1. The molecule has 0 bridgehead atoms. The maximum atomic E-state index is 13.3. The number of amides is 1. The monoisotopic (exact) mass is 267 g/mol. The van der Waals surface area contributed by atoms with Crippen LogP contribution in [0.1, 0.15) is 12.8 Å². The zero-order chi connectivity index (χ0) is 14.1. The number of carbonyl (C=O) groups excluding carboxylic acids is 1. The summed E-state index contributed by atoms with van der Waals surface area (Å²) in [5, 5.41) is 5.75. The van der Waals surface area contributed by atoms with Gasteiger partial charge in [0, 0.05) is 13.0 Å². The van der Waals surface area contributed by atoms with E-state index in [1.165, 1.54) is 6.07 Å². The lowest BCUT2D eigenvalue weighted by Crippen LogP contribution is -2.25. The fraction of sp³-hybridized carbons (Fsp3) is 0.500. The van der Waals surface area contributed by atoms with Crippen LogP contribution in [0.25, 0.3) is 0 Å². The third-order valence-electron chi connectivity index (χ3n) is 2.64. The normalized spacial score (nSPS) is 10.7. The first-order chi connectivity index (χ1) is 9.09. The number of carbonyl (C=O) groups is 1. The van der Waals surface area contributed by atoms with Gasteiger partial charge in [0.05, 0.1) is 5.69 Å². The van der Waals surface area contributed by atoms with E-state index in [1.54, 1.807) is 18.2 Å². The van der Waals surface area contributed by atoms with Gasteiger partial charge in [0.2, 0.25) is 5.91 Å². The molecule has 0 saturated heterocycles. The van der Waals surface area contributed by atoms with Crippen LogP contribution < -0.4 is 10.6 Å². The van der Waals surface area contributed by atoms with Crippen molar-refractivity contribution in [2.75, 3.05) is 39.0 Å². The van der Waals surface area contributed by atoms with Crippen molar-refractivity contribution in [3.05, 3.63) is 30.1 Å². The SMILES string of the molecule is CN(C)CCCNCCC(=O)Nc1ccccc1F. The number of nitrogens with one attached hydrogen (secondary N) is 2. The Morgan fingerprint density at radius 3 is 2.68 bits per heavy atom. The lowest BCUT2D eigenvalue weighted by Gasteiger charge is -2.10. The minimum atomic E-state index is -0.408. The molecule has 1 amide bonds. The fourth-order valence-electron chi connectivity index (χ4n) is 1.62. The lowest BCUT2D eigenvalue weighted by molar-refractivity contribution is -0.116. The van der Waals surface area contributed by atoms with Crippen LogP contribution >= 0.6 is 0 Å². The maximum Gasteiger partial charge on any atom is 0.225 e. The van der Waals surface area contributed by atoms with Gasteiger partial charge in [-0.2, -0.15) is 0 Å². The second kappa shape index (κ2) is 8.61. The van der Waals surface area contributed by atoms with Crippen molar-refractivity contribution < 1.29 is 9.18 Å². The summed E-state index contributed by atoms with van der Waals surface area (Å²) in [7, 11) is 4.06. The van der Waals surface area contributed by atoms with E-state index in [-0.39, 0.29) is 11.6 Å². The summed E-state index contributed by atoms with van der Waals surface area (Å²) in [6.45, 7) is 2.51. The van der Waals surface area contributed by atoms with Gasteiger partial charge in [0.15, 0.2) is 0 Å². The minimum Gasteiger partial charge on any atom is -0.324 e. The van der Waals surface area contributed by atoms with Crippen LogP contribution in [0.3, 0.4) is 0 Å². The van der Waals surface area contributed by atoms with E-state index < -0.39 is 5.82 Å². The Bertz CT molecular complexity index is 396. The molecule has 0 radical (unpaired) electrons. The van der Waals surface area contributed by atoms with Crippen LogP contribution in [0.2, 0.25) is 0 Å². The standard InChI is InChI=1S/C14H22FN3O/c1-18(2)11-5-9-16-10-8-14(19)17-13-7-4-3-6-12(13)15/h3-4,6-7,16H,5,8-11H2,1-2H3,(H,17,19). The van der Waals surface area contributed by atoms with Crippen LogP contribution in [0, 0.1) is 5.82 Å². The van der Waals surface area contributed by atoms with Crippen molar-refractivity contribution >= 4 is 11.6 Å². The van der Waals surface area contributed by atoms with Gasteiger partial charge < -0.3 is 15.5 Å². The summed E-state index contributed by atoms with van der Waals surface area (Å²) in [6, 6.07) is 6.17. The van der Waals surface area contributed by atoms with Crippen molar-refractivity contribution in [3.63, 3.8) is 0 Å². The van der Waals surface area contributed by atoms with Crippen molar-refractivity contribution in [2.24, 2.45) is 0 Å². The maximum absolute atomic E-state index is 13.3. The van der Waals surface area contributed by atoms with E-state index in [0.717, 1.165) is 19.5 Å². The second-order valence-electron chi connectivity index (χ2n) is 4.68. The molecule has 0 aliphatic rings. The Kier molecular flexibility index (Phi) is 7.07. The number of benzene rings is 1. The number of rotatable bonds is 8. The first-order valence-corrected chi connectivity index (χ1v) is 6.49. The molecule has 2 N–H and O–H groups in total. The van der Waals surface area contributed by atoms with Gasteiger partial charge in [0.25, 0.3) is 0 Å². The van der Waals surface area contributed by atoms with Crippen molar-refractivity contribution in [3.8, 4) is 0 Å². The van der Waals surface area contributed by atoms with Crippen LogP contribution in [0.5, 0.6) is 0 Å². The van der Waals surface area contributed by atoms with Crippen molar-refractivity contribution in [1.29, 1.82) is 0 Å². The van der Waals surface area contributed by atoms with E-state index in [4.69, 9.17) is 0 Å². The summed E-state index contributed by atoms with van der Waals surface area (Å²) in [5.74, 6) is -0.583. The third-order valence-corrected chi connectivity index (χ3v) is 2.64. The molecular weight excluding hydrogens is 245 g/mol. The molecule has 0 aliphatic heterocycles. The number of hydrogen-bond donors (Lipinski definition) is 2. The van der Waals surface area contributed by atoms with Crippen LogP contribution in [-0.2, 0) is 4.79 Å². The number of halogens is 1. The Balaban J connectivity index is 2.13. The summed E-state index contributed by atoms with van der Waals surface area (Å²) < 4.78 is 13.3. The highest BCUT2D eigenvalue weighted by molar-refractivity contribution is 5.90. The van der Waals surface area contributed by atoms with Gasteiger partial charge in [-0.15, -0.1) is 0 Å². The molecule has 106 valence electrons. The quantitative estimate of drug-likeness (QED) is 0.705. The smallest absolute Gasteiger partial charge is 0.225 e. The molecule has 1 aromatic carbocycles. The molecule has 0 fully saturated rings. The summed E-state index contributed by atoms with van der Waals surface area (Å²) >= 11 is 0. The topological polar surface area (TPSA) is 44.4 Å². The van der Waals surface area contributed by atoms with Crippen molar-refractivity contribution in [1.82, 2.24) is 10.2 Å². The second-order valence-corrected chi connectivity index (χ2v) is 4.68. The van der Waals surface area contributed by atoms with E-state index >= 15 is 0 Å². The van der Waals surface area contributed by atoms with Gasteiger partial charge in [-0.25, -0.2) is 4.39 Å². The lowest BCUT2D eigenvalue weighted by atomic mass is 10.3. The highest BCUT2D eigenvalue weighted by Gasteiger charge is 2.05. The van der Waals surface area contributed by atoms with Crippen LogP contribution in [-0.4, -0.2) is 44.5 Å². The first-order valence-electron chi connectivity index (χ1n) is 6.49. The molecule has 0 unspecified atom stereocenters. The molecule has 5 heteroatoms. The van der Waals surface area contributed by atoms with Gasteiger partial charge in [-0.3, -0.25) is 4.79 Å². The Hall–Kier alpha value is -1.46. The predicted octanol–water partition coefficient (Wildman–Crippen LogP) is 1.70. The molecular formula is C14H22FN3O. The molecule has 1 rings (SSSR count). The number of anilines is 1. The predicted molar refractivity (Wildman–Crippen MR) is 75.7 cm³/mol. The molecule has 4 nitrogen and oxygen atoms in total.